The van der Waals surface area contributed by atoms with Crippen molar-refractivity contribution in [3.8, 4) is 0 Å². The van der Waals surface area contributed by atoms with Crippen LogP contribution in [0.1, 0.15) is 24.2 Å². The second-order valence-electron chi connectivity index (χ2n) is 3.77. The molecule has 1 heterocycles. The van der Waals surface area contributed by atoms with Gasteiger partial charge in [0.15, 0.2) is 0 Å². The third kappa shape index (κ3) is 3.49. The number of hydrogen-bond donors (Lipinski definition) is 0. The molecule has 94 valence electrons. The molecule has 1 amide bonds. The molecular weight excluding hydrogens is 223 g/mol. The van der Waals surface area contributed by atoms with Gasteiger partial charge in [0.05, 0.1) is 18.2 Å². The Morgan fingerprint density at radius 2 is 2.29 bits per heavy atom. The molecule has 0 fully saturated rings. The van der Waals surface area contributed by atoms with Crippen LogP contribution in [0.25, 0.3) is 0 Å². The van der Waals surface area contributed by atoms with Gasteiger partial charge in [-0.1, -0.05) is 0 Å². The van der Waals surface area contributed by atoms with Crippen LogP contribution in [-0.2, 0) is 4.74 Å². The Hall–Kier alpha value is -1.49. The molecule has 0 N–H and O–H groups in total. The van der Waals surface area contributed by atoms with E-state index in [0.717, 1.165) is 0 Å². The van der Waals surface area contributed by atoms with Gasteiger partial charge in [0.25, 0.3) is 5.91 Å². The van der Waals surface area contributed by atoms with Gasteiger partial charge in [0, 0.05) is 19.9 Å². The van der Waals surface area contributed by atoms with E-state index in [1.807, 2.05) is 13.8 Å². The molecule has 1 aromatic rings. The van der Waals surface area contributed by atoms with Gasteiger partial charge in [-0.15, -0.1) is 0 Å². The average Bonchev–Trinajstić information content (AvgIpc) is 2.31. The van der Waals surface area contributed by atoms with Crippen LogP contribution in [0.15, 0.2) is 18.3 Å². The fourth-order valence-electron chi connectivity index (χ4n) is 1.65. The monoisotopic (exact) mass is 240 g/mol. The highest BCUT2D eigenvalue weighted by molar-refractivity contribution is 5.94. The predicted molar refractivity (Wildman–Crippen MR) is 62.2 cm³/mol. The number of rotatable bonds is 5. The zero-order chi connectivity index (χ0) is 12.8. The van der Waals surface area contributed by atoms with E-state index < -0.39 is 5.95 Å². The van der Waals surface area contributed by atoms with Crippen molar-refractivity contribution in [3.05, 3.63) is 29.8 Å². The van der Waals surface area contributed by atoms with Gasteiger partial charge in [0.1, 0.15) is 0 Å². The number of hydrogen-bond acceptors (Lipinski definition) is 3. The largest absolute Gasteiger partial charge is 0.383 e. The Bertz CT molecular complexity index is 367. The van der Waals surface area contributed by atoms with E-state index in [0.29, 0.717) is 18.7 Å². The molecule has 0 bridgehead atoms. The molecule has 1 aromatic heterocycles. The first-order valence-corrected chi connectivity index (χ1v) is 5.51. The molecule has 0 aliphatic rings. The number of nitrogens with zero attached hydrogens (tertiary/aromatic N) is 2. The van der Waals surface area contributed by atoms with Gasteiger partial charge in [-0.3, -0.25) is 4.79 Å². The van der Waals surface area contributed by atoms with E-state index in [9.17, 15) is 9.18 Å². The van der Waals surface area contributed by atoms with E-state index in [-0.39, 0.29) is 11.9 Å². The number of aromatic nitrogens is 1. The molecule has 0 aliphatic heterocycles. The highest BCUT2D eigenvalue weighted by Gasteiger charge is 2.20. The maximum atomic E-state index is 12.7. The summed E-state index contributed by atoms with van der Waals surface area (Å²) < 4.78 is 17.7. The second kappa shape index (κ2) is 6.30. The van der Waals surface area contributed by atoms with Crippen LogP contribution >= 0.6 is 0 Å². The van der Waals surface area contributed by atoms with Gasteiger partial charge in [-0.25, -0.2) is 4.98 Å². The van der Waals surface area contributed by atoms with Crippen molar-refractivity contribution in [1.82, 2.24) is 9.88 Å². The molecule has 17 heavy (non-hydrogen) atoms. The minimum absolute atomic E-state index is 0.0254. The van der Waals surface area contributed by atoms with Crippen LogP contribution in [0.4, 0.5) is 4.39 Å². The number of likely N-dealkylation sites (N-methyl/N-ethyl adjacent to an activating group) is 1. The van der Waals surface area contributed by atoms with Gasteiger partial charge < -0.3 is 9.64 Å². The molecule has 0 aromatic carbocycles. The number of halogens is 1. The molecule has 5 heteroatoms. The molecular formula is C12H17FN2O2. The lowest BCUT2D eigenvalue weighted by atomic mass is 10.2. The van der Waals surface area contributed by atoms with Crippen molar-refractivity contribution in [2.45, 2.75) is 19.9 Å². The minimum Gasteiger partial charge on any atom is -0.383 e. The summed E-state index contributed by atoms with van der Waals surface area (Å²) in [4.78, 5) is 17.3. The Morgan fingerprint density at radius 1 is 1.59 bits per heavy atom. The zero-order valence-electron chi connectivity index (χ0n) is 10.3. The van der Waals surface area contributed by atoms with Gasteiger partial charge in [-0.2, -0.15) is 4.39 Å². The molecule has 0 aliphatic carbocycles. The third-order valence-corrected chi connectivity index (χ3v) is 2.52. The topological polar surface area (TPSA) is 42.4 Å². The fraction of sp³-hybridized carbons (Fsp3) is 0.500. The summed E-state index contributed by atoms with van der Waals surface area (Å²) in [7, 11) is 1.59. The van der Waals surface area contributed by atoms with E-state index in [4.69, 9.17) is 4.74 Å². The van der Waals surface area contributed by atoms with Crippen molar-refractivity contribution in [2.75, 3.05) is 20.3 Å². The molecule has 0 saturated carbocycles. The number of carbonyl (C=O) groups is 1. The molecule has 0 spiro atoms. The highest BCUT2D eigenvalue weighted by atomic mass is 19.1. The molecule has 1 rings (SSSR count). The lowest BCUT2D eigenvalue weighted by Crippen LogP contribution is -2.40. The number of methoxy groups -OCH3 is 1. The molecule has 4 nitrogen and oxygen atoms in total. The Balaban J connectivity index is 2.82. The van der Waals surface area contributed by atoms with E-state index in [2.05, 4.69) is 4.98 Å². The van der Waals surface area contributed by atoms with Crippen molar-refractivity contribution in [1.29, 1.82) is 0 Å². The van der Waals surface area contributed by atoms with Crippen molar-refractivity contribution < 1.29 is 13.9 Å². The summed E-state index contributed by atoms with van der Waals surface area (Å²) in [5, 5.41) is 0. The molecule has 1 unspecified atom stereocenters. The molecule has 0 saturated heterocycles. The number of pyridine rings is 1. The fourth-order valence-corrected chi connectivity index (χ4v) is 1.65. The summed E-state index contributed by atoms with van der Waals surface area (Å²) in [5.74, 6) is -0.751. The first kappa shape index (κ1) is 13.6. The van der Waals surface area contributed by atoms with Crippen LogP contribution in [-0.4, -0.2) is 42.1 Å². The first-order valence-electron chi connectivity index (χ1n) is 5.51. The van der Waals surface area contributed by atoms with Gasteiger partial charge in [0.2, 0.25) is 5.95 Å². The summed E-state index contributed by atoms with van der Waals surface area (Å²) >= 11 is 0. The average molecular weight is 240 g/mol. The lowest BCUT2D eigenvalue weighted by Gasteiger charge is -2.27. The van der Waals surface area contributed by atoms with Gasteiger partial charge >= 0.3 is 0 Å². The van der Waals surface area contributed by atoms with Gasteiger partial charge in [-0.05, 0) is 26.0 Å². The summed E-state index contributed by atoms with van der Waals surface area (Å²) in [6.07, 6.45) is 1.25. The predicted octanol–water partition coefficient (Wildman–Crippen LogP) is 1.72. The smallest absolute Gasteiger partial charge is 0.255 e. The highest BCUT2D eigenvalue weighted by Crippen LogP contribution is 2.08. The second-order valence-corrected chi connectivity index (χ2v) is 3.77. The van der Waals surface area contributed by atoms with E-state index >= 15 is 0 Å². The van der Waals surface area contributed by atoms with E-state index in [1.165, 1.54) is 18.3 Å². The van der Waals surface area contributed by atoms with Crippen molar-refractivity contribution >= 4 is 5.91 Å². The lowest BCUT2D eigenvalue weighted by molar-refractivity contribution is 0.0579. The Labute approximate surface area is 100 Å². The Morgan fingerprint density at radius 3 is 2.76 bits per heavy atom. The third-order valence-electron chi connectivity index (χ3n) is 2.52. The Kier molecular flexibility index (Phi) is 5.03. The maximum Gasteiger partial charge on any atom is 0.255 e. The SMILES string of the molecule is CCN(C(=O)c1ccc(F)nc1)C(C)COC. The normalized spacial score (nSPS) is 12.2. The van der Waals surface area contributed by atoms with Crippen LogP contribution in [0.3, 0.4) is 0 Å². The van der Waals surface area contributed by atoms with Crippen molar-refractivity contribution in [2.24, 2.45) is 0 Å². The minimum atomic E-state index is -0.588. The number of ether oxygens (including phenoxy) is 1. The van der Waals surface area contributed by atoms with Crippen molar-refractivity contribution in [3.63, 3.8) is 0 Å². The number of carbonyl (C=O) groups excluding carboxylic acids is 1. The maximum absolute atomic E-state index is 12.7. The summed E-state index contributed by atoms with van der Waals surface area (Å²) in [5.41, 5.74) is 0.385. The first-order chi connectivity index (χ1) is 8.10. The summed E-state index contributed by atoms with van der Waals surface area (Å²) in [6.45, 7) is 4.83. The zero-order valence-corrected chi connectivity index (χ0v) is 10.3. The summed E-state index contributed by atoms with van der Waals surface area (Å²) in [6, 6.07) is 2.59. The van der Waals surface area contributed by atoms with Crippen LogP contribution in [0, 0.1) is 5.95 Å². The van der Waals surface area contributed by atoms with Crippen LogP contribution < -0.4 is 0 Å². The number of amides is 1. The molecule has 0 radical (unpaired) electrons. The van der Waals surface area contributed by atoms with Crippen LogP contribution in [0.5, 0.6) is 0 Å². The standard InChI is InChI=1S/C12H17FN2O2/c1-4-15(9(2)8-17-3)12(16)10-5-6-11(13)14-7-10/h5-7,9H,4,8H2,1-3H3. The quantitative estimate of drug-likeness (QED) is 0.736. The molecule has 1 atom stereocenters. The van der Waals surface area contributed by atoms with Crippen LogP contribution in [0.2, 0.25) is 0 Å². The van der Waals surface area contributed by atoms with E-state index in [1.54, 1.807) is 12.0 Å².